The lowest BCUT2D eigenvalue weighted by Crippen LogP contribution is -2.39. The van der Waals surface area contributed by atoms with Crippen molar-refractivity contribution in [2.75, 3.05) is 34.5 Å². The normalized spacial score (nSPS) is 15.1. The van der Waals surface area contributed by atoms with Crippen molar-refractivity contribution in [1.29, 1.82) is 0 Å². The molecule has 6 heteroatoms. The number of fused-ring (bicyclic) bond motifs is 1. The van der Waals surface area contributed by atoms with E-state index in [4.69, 9.17) is 23.7 Å². The minimum absolute atomic E-state index is 0.0548. The Bertz CT molecular complexity index is 444. The van der Waals surface area contributed by atoms with E-state index >= 15 is 0 Å². The summed E-state index contributed by atoms with van der Waals surface area (Å²) in [4.78, 5) is 0. The molecule has 0 saturated carbocycles. The average molecular weight is 297 g/mol. The number of hydrogen-bond acceptors (Lipinski definition) is 6. The molecule has 0 aliphatic carbocycles. The van der Waals surface area contributed by atoms with Crippen LogP contribution in [-0.2, 0) is 16.0 Å². The van der Waals surface area contributed by atoms with Crippen molar-refractivity contribution < 1.29 is 23.7 Å². The minimum atomic E-state index is -0.288. The number of methoxy groups -OCH3 is 3. The Kier molecular flexibility index (Phi) is 5.67. The highest BCUT2D eigenvalue weighted by Crippen LogP contribution is 2.40. The standard InChI is InChI=1S/C15H23NO5/c1-10(15(18-3)19-4)16-9-11-7-12(17-2)14-13(8-11)20-5-6-21-14/h7-8,10,15-16H,5-6,9H2,1-4H3. The summed E-state index contributed by atoms with van der Waals surface area (Å²) < 4.78 is 27.0. The van der Waals surface area contributed by atoms with Gasteiger partial charge in [-0.15, -0.1) is 0 Å². The SMILES string of the molecule is COc1cc(CNC(C)C(OC)OC)cc2c1OCCO2. The molecule has 0 radical (unpaired) electrons. The first-order chi connectivity index (χ1) is 10.2. The third-order valence-electron chi connectivity index (χ3n) is 3.39. The summed E-state index contributed by atoms with van der Waals surface area (Å²) in [5.74, 6) is 2.08. The first-order valence-corrected chi connectivity index (χ1v) is 6.95. The van der Waals surface area contributed by atoms with Crippen LogP contribution in [0.15, 0.2) is 12.1 Å². The molecule has 118 valence electrons. The van der Waals surface area contributed by atoms with E-state index in [0.717, 1.165) is 11.3 Å². The summed E-state index contributed by atoms with van der Waals surface area (Å²) in [6.45, 7) is 3.75. The zero-order valence-electron chi connectivity index (χ0n) is 13.0. The second kappa shape index (κ2) is 7.49. The van der Waals surface area contributed by atoms with Crippen LogP contribution in [0.3, 0.4) is 0 Å². The highest BCUT2D eigenvalue weighted by molar-refractivity contribution is 5.54. The molecule has 0 fully saturated rings. The second-order valence-electron chi connectivity index (χ2n) is 4.83. The Morgan fingerprint density at radius 1 is 1.14 bits per heavy atom. The monoisotopic (exact) mass is 297 g/mol. The van der Waals surface area contributed by atoms with Crippen LogP contribution in [0.4, 0.5) is 0 Å². The van der Waals surface area contributed by atoms with Crippen LogP contribution in [0.5, 0.6) is 17.2 Å². The predicted octanol–water partition coefficient (Wildman–Crippen LogP) is 1.56. The fraction of sp³-hybridized carbons (Fsp3) is 0.600. The van der Waals surface area contributed by atoms with Crippen LogP contribution in [-0.4, -0.2) is 46.9 Å². The number of benzene rings is 1. The third kappa shape index (κ3) is 3.78. The van der Waals surface area contributed by atoms with Crippen molar-refractivity contribution in [3.8, 4) is 17.2 Å². The van der Waals surface area contributed by atoms with Crippen molar-refractivity contribution in [2.24, 2.45) is 0 Å². The number of rotatable bonds is 7. The molecule has 1 atom stereocenters. The van der Waals surface area contributed by atoms with Gasteiger partial charge >= 0.3 is 0 Å². The molecule has 21 heavy (non-hydrogen) atoms. The first kappa shape index (κ1) is 15.9. The number of nitrogens with one attached hydrogen (secondary N) is 1. The molecule has 0 spiro atoms. The summed E-state index contributed by atoms with van der Waals surface area (Å²) in [6.07, 6.45) is -0.288. The molecule has 0 saturated heterocycles. The van der Waals surface area contributed by atoms with Crippen LogP contribution in [0, 0.1) is 0 Å². The van der Waals surface area contributed by atoms with Gasteiger partial charge in [-0.05, 0) is 24.6 Å². The van der Waals surface area contributed by atoms with Crippen LogP contribution in [0.25, 0.3) is 0 Å². The molecule has 1 aliphatic heterocycles. The Morgan fingerprint density at radius 2 is 1.86 bits per heavy atom. The molecule has 2 rings (SSSR count). The Morgan fingerprint density at radius 3 is 2.52 bits per heavy atom. The van der Waals surface area contributed by atoms with Crippen molar-refractivity contribution in [3.05, 3.63) is 17.7 Å². The van der Waals surface area contributed by atoms with Gasteiger partial charge in [0.05, 0.1) is 13.2 Å². The van der Waals surface area contributed by atoms with E-state index in [0.29, 0.717) is 31.3 Å². The van der Waals surface area contributed by atoms with Crippen LogP contribution in [0.2, 0.25) is 0 Å². The quantitative estimate of drug-likeness (QED) is 0.771. The Balaban J connectivity index is 2.07. The lowest BCUT2D eigenvalue weighted by Gasteiger charge is -2.24. The summed E-state index contributed by atoms with van der Waals surface area (Å²) >= 11 is 0. The molecule has 1 aromatic rings. The van der Waals surface area contributed by atoms with Crippen molar-refractivity contribution in [3.63, 3.8) is 0 Å². The molecule has 0 aromatic heterocycles. The van der Waals surface area contributed by atoms with E-state index in [2.05, 4.69) is 5.32 Å². The number of ether oxygens (including phenoxy) is 5. The largest absolute Gasteiger partial charge is 0.493 e. The van der Waals surface area contributed by atoms with E-state index in [-0.39, 0.29) is 12.3 Å². The lowest BCUT2D eigenvalue weighted by molar-refractivity contribution is -0.119. The van der Waals surface area contributed by atoms with Gasteiger partial charge in [-0.25, -0.2) is 0 Å². The molecule has 1 aromatic carbocycles. The van der Waals surface area contributed by atoms with Crippen molar-refractivity contribution >= 4 is 0 Å². The fourth-order valence-corrected chi connectivity index (χ4v) is 2.31. The van der Waals surface area contributed by atoms with Gasteiger partial charge in [0.1, 0.15) is 13.2 Å². The van der Waals surface area contributed by atoms with Crippen LogP contribution < -0.4 is 19.5 Å². The van der Waals surface area contributed by atoms with Gasteiger partial charge in [0, 0.05) is 20.8 Å². The number of hydrogen-bond donors (Lipinski definition) is 1. The van der Waals surface area contributed by atoms with Gasteiger partial charge < -0.3 is 29.0 Å². The van der Waals surface area contributed by atoms with Crippen molar-refractivity contribution in [2.45, 2.75) is 25.8 Å². The van der Waals surface area contributed by atoms with Gasteiger partial charge in [0.15, 0.2) is 17.8 Å². The van der Waals surface area contributed by atoms with Gasteiger partial charge in [0.2, 0.25) is 5.75 Å². The maximum Gasteiger partial charge on any atom is 0.203 e. The molecule has 6 nitrogen and oxygen atoms in total. The second-order valence-corrected chi connectivity index (χ2v) is 4.83. The summed E-state index contributed by atoms with van der Waals surface area (Å²) in [7, 11) is 4.87. The molecule has 1 aliphatic rings. The van der Waals surface area contributed by atoms with E-state index in [9.17, 15) is 0 Å². The zero-order chi connectivity index (χ0) is 15.2. The molecular weight excluding hydrogens is 274 g/mol. The van der Waals surface area contributed by atoms with E-state index in [1.807, 2.05) is 19.1 Å². The highest BCUT2D eigenvalue weighted by atomic mass is 16.7. The molecule has 0 amide bonds. The minimum Gasteiger partial charge on any atom is -0.493 e. The molecule has 1 N–H and O–H groups in total. The van der Waals surface area contributed by atoms with Gasteiger partial charge in [-0.3, -0.25) is 0 Å². The Hall–Kier alpha value is -1.50. The van der Waals surface area contributed by atoms with Crippen molar-refractivity contribution in [1.82, 2.24) is 5.32 Å². The smallest absolute Gasteiger partial charge is 0.203 e. The maximum absolute atomic E-state index is 5.62. The topological polar surface area (TPSA) is 58.2 Å². The zero-order valence-corrected chi connectivity index (χ0v) is 13.0. The third-order valence-corrected chi connectivity index (χ3v) is 3.39. The van der Waals surface area contributed by atoms with Crippen LogP contribution in [0.1, 0.15) is 12.5 Å². The van der Waals surface area contributed by atoms with E-state index in [1.54, 1.807) is 21.3 Å². The highest BCUT2D eigenvalue weighted by Gasteiger charge is 2.19. The average Bonchev–Trinajstić information content (AvgIpc) is 2.53. The summed E-state index contributed by atoms with van der Waals surface area (Å²) in [5, 5.41) is 3.36. The molecular formula is C15H23NO5. The Labute approximate surface area is 125 Å². The van der Waals surface area contributed by atoms with Gasteiger partial charge in [-0.2, -0.15) is 0 Å². The molecule has 1 unspecified atom stereocenters. The molecule has 0 bridgehead atoms. The van der Waals surface area contributed by atoms with E-state index in [1.165, 1.54) is 0 Å². The molecule has 1 heterocycles. The summed E-state index contributed by atoms with van der Waals surface area (Å²) in [5.41, 5.74) is 1.05. The lowest BCUT2D eigenvalue weighted by atomic mass is 10.1. The first-order valence-electron chi connectivity index (χ1n) is 6.95. The predicted molar refractivity (Wildman–Crippen MR) is 78.1 cm³/mol. The van der Waals surface area contributed by atoms with E-state index < -0.39 is 0 Å². The van der Waals surface area contributed by atoms with Gasteiger partial charge in [0.25, 0.3) is 0 Å². The van der Waals surface area contributed by atoms with Crippen LogP contribution >= 0.6 is 0 Å². The maximum atomic E-state index is 5.62. The van der Waals surface area contributed by atoms with Gasteiger partial charge in [-0.1, -0.05) is 0 Å². The fourth-order valence-electron chi connectivity index (χ4n) is 2.31. The summed E-state index contributed by atoms with van der Waals surface area (Å²) in [6, 6.07) is 3.96.